The summed E-state index contributed by atoms with van der Waals surface area (Å²) in [4.78, 5) is 12.7. The highest BCUT2D eigenvalue weighted by Crippen LogP contribution is 2.34. The third kappa shape index (κ3) is 4.86. The smallest absolute Gasteiger partial charge is 0.181 e. The summed E-state index contributed by atoms with van der Waals surface area (Å²) in [5.74, 6) is -0.276. The van der Waals surface area contributed by atoms with Crippen LogP contribution in [0.3, 0.4) is 0 Å². The molecule has 0 fully saturated rings. The van der Waals surface area contributed by atoms with Crippen molar-refractivity contribution in [1.82, 2.24) is 30.5 Å². The van der Waals surface area contributed by atoms with E-state index in [2.05, 4.69) is 62.2 Å². The van der Waals surface area contributed by atoms with Crippen molar-refractivity contribution in [2.75, 3.05) is 13.1 Å². The second kappa shape index (κ2) is 10.3. The third-order valence-electron chi connectivity index (χ3n) is 6.37. The van der Waals surface area contributed by atoms with Crippen molar-refractivity contribution in [3.63, 3.8) is 0 Å². The number of nitrogens with zero attached hydrogens (tertiary/aromatic N) is 3. The Morgan fingerprint density at radius 3 is 2.76 bits per heavy atom. The Hall–Kier alpha value is -4.36. The molecule has 37 heavy (non-hydrogen) atoms. The zero-order chi connectivity index (χ0) is 25.9. The molecule has 7 heteroatoms. The molecule has 0 atom stereocenters. The van der Waals surface area contributed by atoms with Gasteiger partial charge in [0, 0.05) is 46.4 Å². The van der Waals surface area contributed by atoms with Crippen molar-refractivity contribution < 1.29 is 4.39 Å². The van der Waals surface area contributed by atoms with Crippen LogP contribution in [0, 0.1) is 12.7 Å². The van der Waals surface area contributed by atoms with Crippen LogP contribution in [0.4, 0.5) is 4.39 Å². The molecule has 0 spiro atoms. The van der Waals surface area contributed by atoms with Gasteiger partial charge in [0.1, 0.15) is 5.82 Å². The molecule has 0 amide bonds. The number of rotatable bonds is 8. The van der Waals surface area contributed by atoms with Crippen LogP contribution in [0.25, 0.3) is 50.2 Å². The predicted molar refractivity (Wildman–Crippen MR) is 150 cm³/mol. The fraction of sp³-hybridized carbons (Fsp3) is 0.167. The molecule has 0 radical (unpaired) electrons. The predicted octanol–water partition coefficient (Wildman–Crippen LogP) is 6.74. The van der Waals surface area contributed by atoms with Gasteiger partial charge in [-0.1, -0.05) is 31.7 Å². The molecule has 5 aromatic rings. The first kappa shape index (κ1) is 24.3. The number of halogens is 1. The molecular weight excluding hydrogens is 463 g/mol. The van der Waals surface area contributed by atoms with E-state index in [0.29, 0.717) is 5.65 Å². The molecule has 0 saturated heterocycles. The minimum Gasteiger partial charge on any atom is -0.353 e. The number of pyridine rings is 2. The Balaban J connectivity index is 1.59. The fourth-order valence-corrected chi connectivity index (χ4v) is 4.54. The molecule has 0 aliphatic carbocycles. The van der Waals surface area contributed by atoms with Crippen molar-refractivity contribution in [3.8, 4) is 22.6 Å². The van der Waals surface area contributed by atoms with Crippen molar-refractivity contribution in [3.05, 3.63) is 96.1 Å². The number of aromatic amines is 2. The number of hydrogen-bond donors (Lipinski definition) is 3. The van der Waals surface area contributed by atoms with Gasteiger partial charge in [-0.05, 0) is 73.5 Å². The van der Waals surface area contributed by atoms with E-state index in [4.69, 9.17) is 0 Å². The zero-order valence-corrected chi connectivity index (χ0v) is 21.2. The average Bonchev–Trinajstić information content (AvgIpc) is 3.52. The van der Waals surface area contributed by atoms with Crippen LogP contribution >= 0.6 is 0 Å². The van der Waals surface area contributed by atoms with E-state index in [1.807, 2.05) is 44.3 Å². The minimum atomic E-state index is -0.276. The van der Waals surface area contributed by atoms with Gasteiger partial charge in [-0.15, -0.1) is 0 Å². The van der Waals surface area contributed by atoms with Gasteiger partial charge < -0.3 is 10.3 Å². The van der Waals surface area contributed by atoms with Crippen molar-refractivity contribution in [1.29, 1.82) is 0 Å². The molecule has 0 unspecified atom stereocenters. The van der Waals surface area contributed by atoms with Gasteiger partial charge in [0.25, 0.3) is 0 Å². The molecule has 5 rings (SSSR count). The summed E-state index contributed by atoms with van der Waals surface area (Å²) in [7, 11) is 0. The van der Waals surface area contributed by atoms with Gasteiger partial charge in [0.05, 0.1) is 17.1 Å². The Bertz CT molecular complexity index is 1650. The Morgan fingerprint density at radius 2 is 2.00 bits per heavy atom. The van der Waals surface area contributed by atoms with Gasteiger partial charge in [-0.2, -0.15) is 5.10 Å². The molecule has 0 bridgehead atoms. The molecular formula is C30H29FN6. The summed E-state index contributed by atoms with van der Waals surface area (Å²) in [5.41, 5.74) is 8.69. The number of hydrogen-bond acceptors (Lipinski definition) is 4. The summed E-state index contributed by atoms with van der Waals surface area (Å²) in [6.45, 7) is 11.6. The van der Waals surface area contributed by atoms with E-state index in [9.17, 15) is 4.39 Å². The molecule has 4 heterocycles. The standard InChI is InChI=1S/C30H29FN6/c1-5-19(16-32-7-3)12-20(6-2)22-14-25-29(36-37-30(25)34-17-22)27-15-24-26(35-27)8-9-33-28(24)21-10-18(4)11-23(31)13-21/h5-6,8-15,17,32,35H,1,7,16H2,2-4H3,(H,34,36,37)/b19-12+,20-6+. The number of aryl methyl sites for hydroxylation is 1. The van der Waals surface area contributed by atoms with Gasteiger partial charge >= 0.3 is 0 Å². The largest absolute Gasteiger partial charge is 0.353 e. The van der Waals surface area contributed by atoms with Gasteiger partial charge in [0.15, 0.2) is 5.65 Å². The second-order valence-electron chi connectivity index (χ2n) is 8.96. The number of likely N-dealkylation sites (N-methyl/N-ethyl adjacent to an activating group) is 1. The molecule has 0 aliphatic heterocycles. The lowest BCUT2D eigenvalue weighted by molar-refractivity contribution is 0.627. The lowest BCUT2D eigenvalue weighted by Crippen LogP contribution is -2.15. The van der Waals surface area contributed by atoms with Gasteiger partial charge in [-0.3, -0.25) is 10.1 Å². The van der Waals surface area contributed by atoms with Crippen molar-refractivity contribution in [2.45, 2.75) is 20.8 Å². The molecule has 0 saturated carbocycles. The summed E-state index contributed by atoms with van der Waals surface area (Å²) in [6.07, 6.45) is 9.64. The number of aromatic nitrogens is 5. The number of fused-ring (bicyclic) bond motifs is 2. The summed E-state index contributed by atoms with van der Waals surface area (Å²) in [6, 6.07) is 11.0. The van der Waals surface area contributed by atoms with E-state index in [1.54, 1.807) is 6.20 Å². The van der Waals surface area contributed by atoms with Crippen molar-refractivity contribution in [2.24, 2.45) is 0 Å². The highest BCUT2D eigenvalue weighted by atomic mass is 19.1. The number of allylic oxidation sites excluding steroid dienone is 3. The summed E-state index contributed by atoms with van der Waals surface area (Å²) in [5, 5.41) is 12.7. The van der Waals surface area contributed by atoms with E-state index >= 15 is 0 Å². The van der Waals surface area contributed by atoms with E-state index in [0.717, 1.165) is 74.3 Å². The monoisotopic (exact) mass is 492 g/mol. The minimum absolute atomic E-state index is 0.276. The van der Waals surface area contributed by atoms with E-state index < -0.39 is 0 Å². The quantitative estimate of drug-likeness (QED) is 0.210. The Labute approximate surface area is 215 Å². The number of H-pyrrole nitrogens is 2. The van der Waals surface area contributed by atoms with Crippen LogP contribution in [-0.2, 0) is 0 Å². The van der Waals surface area contributed by atoms with E-state index in [1.165, 1.54) is 12.1 Å². The maximum absolute atomic E-state index is 14.1. The first-order valence-corrected chi connectivity index (χ1v) is 12.3. The maximum atomic E-state index is 14.1. The average molecular weight is 493 g/mol. The highest BCUT2D eigenvalue weighted by Gasteiger charge is 2.16. The van der Waals surface area contributed by atoms with Crippen LogP contribution in [0.2, 0.25) is 0 Å². The van der Waals surface area contributed by atoms with Crippen molar-refractivity contribution >= 4 is 27.5 Å². The molecule has 1 aromatic carbocycles. The molecule has 186 valence electrons. The SMILES string of the molecule is C=C/C(=C\C(=C/C)c1cnc2n[nH]c(-c3cc4c(-c5cc(C)cc(F)c5)nccc4[nH]3)c2c1)CNCC. The highest BCUT2D eigenvalue weighted by molar-refractivity contribution is 6.00. The normalized spacial score (nSPS) is 12.5. The maximum Gasteiger partial charge on any atom is 0.181 e. The van der Waals surface area contributed by atoms with E-state index in [-0.39, 0.29) is 5.82 Å². The lowest BCUT2D eigenvalue weighted by Gasteiger charge is -2.07. The van der Waals surface area contributed by atoms with Crippen LogP contribution < -0.4 is 5.32 Å². The van der Waals surface area contributed by atoms with Crippen LogP contribution in [0.15, 0.2) is 79.2 Å². The fourth-order valence-electron chi connectivity index (χ4n) is 4.54. The first-order valence-electron chi connectivity index (χ1n) is 12.3. The van der Waals surface area contributed by atoms with Crippen LogP contribution in [0.1, 0.15) is 25.0 Å². The van der Waals surface area contributed by atoms with Crippen LogP contribution in [0.5, 0.6) is 0 Å². The molecule has 6 nitrogen and oxygen atoms in total. The molecule has 3 N–H and O–H groups in total. The van der Waals surface area contributed by atoms with Gasteiger partial charge in [0.2, 0.25) is 0 Å². The Morgan fingerprint density at radius 1 is 1.14 bits per heavy atom. The second-order valence-corrected chi connectivity index (χ2v) is 8.96. The third-order valence-corrected chi connectivity index (χ3v) is 6.37. The summed E-state index contributed by atoms with van der Waals surface area (Å²) >= 11 is 0. The lowest BCUT2D eigenvalue weighted by atomic mass is 10.0. The molecule has 4 aromatic heterocycles. The zero-order valence-electron chi connectivity index (χ0n) is 21.2. The van der Waals surface area contributed by atoms with Gasteiger partial charge in [-0.25, -0.2) is 9.37 Å². The Kier molecular flexibility index (Phi) is 6.79. The topological polar surface area (TPSA) is 82.3 Å². The number of benzene rings is 1. The first-order chi connectivity index (χ1) is 18.0. The molecule has 0 aliphatic rings. The number of nitrogens with one attached hydrogen (secondary N) is 3. The summed E-state index contributed by atoms with van der Waals surface area (Å²) < 4.78 is 14.1. The van der Waals surface area contributed by atoms with Crippen LogP contribution in [-0.4, -0.2) is 38.2 Å².